The highest BCUT2D eigenvalue weighted by Gasteiger charge is 2.16. The maximum absolute atomic E-state index is 13.1. The minimum atomic E-state index is -3.18. The van der Waals surface area contributed by atoms with Crippen molar-refractivity contribution in [2.75, 3.05) is 17.3 Å². The minimum absolute atomic E-state index is 0. The molecule has 0 radical (unpaired) electrons. The SMILES string of the molecule is CS(=O)(=O)CCC(N)C(=O)Nc1ccc(Cl)c(F)c1.Cl. The third kappa shape index (κ3) is 6.51. The van der Waals surface area contributed by atoms with Gasteiger partial charge in [-0.05, 0) is 24.6 Å². The first-order chi connectivity index (χ1) is 8.69. The lowest BCUT2D eigenvalue weighted by Crippen LogP contribution is -2.37. The molecule has 1 unspecified atom stereocenters. The van der Waals surface area contributed by atoms with E-state index < -0.39 is 27.6 Å². The van der Waals surface area contributed by atoms with Crippen molar-refractivity contribution in [3.05, 3.63) is 29.0 Å². The van der Waals surface area contributed by atoms with Crippen LogP contribution >= 0.6 is 24.0 Å². The van der Waals surface area contributed by atoms with Crippen LogP contribution in [0.3, 0.4) is 0 Å². The van der Waals surface area contributed by atoms with E-state index in [1.807, 2.05) is 0 Å². The number of sulfone groups is 1. The average Bonchev–Trinajstić information content (AvgIpc) is 2.29. The van der Waals surface area contributed by atoms with Crippen molar-refractivity contribution in [1.82, 2.24) is 0 Å². The predicted molar refractivity (Wildman–Crippen MR) is 79.6 cm³/mol. The molecule has 0 saturated heterocycles. The van der Waals surface area contributed by atoms with E-state index in [1.165, 1.54) is 12.1 Å². The molecular formula is C11H15Cl2FN2O3S. The predicted octanol–water partition coefficient (Wildman–Crippen LogP) is 1.60. The van der Waals surface area contributed by atoms with Crippen molar-refractivity contribution in [3.8, 4) is 0 Å². The molecule has 1 aromatic rings. The number of carbonyl (C=O) groups is 1. The van der Waals surface area contributed by atoms with Crippen LogP contribution in [0, 0.1) is 5.82 Å². The molecule has 0 spiro atoms. The normalized spacial score (nSPS) is 12.4. The lowest BCUT2D eigenvalue weighted by Gasteiger charge is -2.11. The first kappa shape index (κ1) is 19.1. The summed E-state index contributed by atoms with van der Waals surface area (Å²) in [5, 5.41) is 2.33. The van der Waals surface area contributed by atoms with Gasteiger partial charge in [-0.3, -0.25) is 4.79 Å². The van der Waals surface area contributed by atoms with Gasteiger partial charge in [0.1, 0.15) is 15.7 Å². The molecule has 0 saturated carbocycles. The van der Waals surface area contributed by atoms with E-state index in [0.717, 1.165) is 12.3 Å². The van der Waals surface area contributed by atoms with Gasteiger partial charge < -0.3 is 11.1 Å². The van der Waals surface area contributed by atoms with Crippen molar-refractivity contribution >= 4 is 45.4 Å². The molecule has 0 aliphatic heterocycles. The number of rotatable bonds is 5. The lowest BCUT2D eigenvalue weighted by atomic mass is 10.2. The standard InChI is InChI=1S/C11H14ClFN2O3S.ClH/c1-19(17,18)5-4-10(14)11(16)15-7-2-3-8(12)9(13)6-7;/h2-3,6,10H,4-5,14H2,1H3,(H,15,16);1H. The number of halogens is 3. The van der Waals surface area contributed by atoms with Crippen LogP contribution in [-0.2, 0) is 14.6 Å². The third-order valence-corrected chi connectivity index (χ3v) is 3.61. The number of carbonyl (C=O) groups excluding carboxylic acids is 1. The van der Waals surface area contributed by atoms with Crippen LogP contribution in [0.4, 0.5) is 10.1 Å². The number of nitrogens with one attached hydrogen (secondary N) is 1. The second-order valence-electron chi connectivity index (χ2n) is 4.14. The van der Waals surface area contributed by atoms with Gasteiger partial charge in [0.2, 0.25) is 5.91 Å². The number of hydrogen-bond donors (Lipinski definition) is 2. The number of benzene rings is 1. The van der Waals surface area contributed by atoms with Crippen LogP contribution in [0.15, 0.2) is 18.2 Å². The first-order valence-electron chi connectivity index (χ1n) is 5.38. The summed E-state index contributed by atoms with van der Waals surface area (Å²) in [4.78, 5) is 11.6. The molecule has 3 N–H and O–H groups in total. The number of amides is 1. The van der Waals surface area contributed by atoms with Gasteiger partial charge >= 0.3 is 0 Å². The van der Waals surface area contributed by atoms with Gasteiger partial charge in [0.05, 0.1) is 16.8 Å². The van der Waals surface area contributed by atoms with Gasteiger partial charge in [0.25, 0.3) is 0 Å². The van der Waals surface area contributed by atoms with Crippen molar-refractivity contribution < 1.29 is 17.6 Å². The van der Waals surface area contributed by atoms with Crippen LogP contribution in [0.25, 0.3) is 0 Å². The van der Waals surface area contributed by atoms with Gasteiger partial charge in [0.15, 0.2) is 0 Å². The van der Waals surface area contributed by atoms with Crippen LogP contribution in [0.1, 0.15) is 6.42 Å². The number of hydrogen-bond acceptors (Lipinski definition) is 4. The Labute approximate surface area is 128 Å². The Morgan fingerprint density at radius 3 is 2.60 bits per heavy atom. The minimum Gasteiger partial charge on any atom is -0.325 e. The second kappa shape index (κ2) is 7.78. The fraction of sp³-hybridized carbons (Fsp3) is 0.364. The highest BCUT2D eigenvalue weighted by atomic mass is 35.5. The Balaban J connectivity index is 0.00000361. The molecule has 0 fully saturated rings. The second-order valence-corrected chi connectivity index (χ2v) is 6.81. The molecule has 0 heterocycles. The first-order valence-corrected chi connectivity index (χ1v) is 7.82. The van der Waals surface area contributed by atoms with Gasteiger partial charge in [-0.15, -0.1) is 12.4 Å². The molecule has 1 amide bonds. The Bertz CT molecular complexity index is 581. The highest BCUT2D eigenvalue weighted by molar-refractivity contribution is 7.90. The molecule has 0 aliphatic carbocycles. The van der Waals surface area contributed by atoms with E-state index in [9.17, 15) is 17.6 Å². The van der Waals surface area contributed by atoms with Crippen molar-refractivity contribution in [2.24, 2.45) is 5.73 Å². The largest absolute Gasteiger partial charge is 0.325 e. The van der Waals surface area contributed by atoms with E-state index in [1.54, 1.807) is 0 Å². The summed E-state index contributed by atoms with van der Waals surface area (Å²) >= 11 is 5.50. The van der Waals surface area contributed by atoms with Crippen molar-refractivity contribution in [3.63, 3.8) is 0 Å². The molecule has 9 heteroatoms. The maximum Gasteiger partial charge on any atom is 0.241 e. The molecule has 0 aliphatic rings. The van der Waals surface area contributed by atoms with Crippen LogP contribution in [-0.4, -0.2) is 32.4 Å². The third-order valence-electron chi connectivity index (χ3n) is 2.32. The molecule has 0 aromatic heterocycles. The molecule has 5 nitrogen and oxygen atoms in total. The van der Waals surface area contributed by atoms with Gasteiger partial charge in [0, 0.05) is 11.9 Å². The fourth-order valence-electron chi connectivity index (χ4n) is 1.28. The van der Waals surface area contributed by atoms with Gasteiger partial charge in [-0.2, -0.15) is 0 Å². The topological polar surface area (TPSA) is 89.3 Å². The maximum atomic E-state index is 13.1. The molecule has 0 bridgehead atoms. The Kier molecular flexibility index (Phi) is 7.43. The summed E-state index contributed by atoms with van der Waals surface area (Å²) in [7, 11) is -3.18. The van der Waals surface area contributed by atoms with Gasteiger partial charge in [-0.1, -0.05) is 11.6 Å². The summed E-state index contributed by atoms with van der Waals surface area (Å²) in [6, 6.07) is 2.80. The summed E-state index contributed by atoms with van der Waals surface area (Å²) in [5.41, 5.74) is 5.75. The summed E-state index contributed by atoms with van der Waals surface area (Å²) < 4.78 is 35.0. The van der Waals surface area contributed by atoms with Crippen molar-refractivity contribution in [1.29, 1.82) is 0 Å². The zero-order chi connectivity index (χ0) is 14.6. The summed E-state index contributed by atoms with van der Waals surface area (Å²) in [5.74, 6) is -1.43. The molecule has 1 rings (SSSR count). The highest BCUT2D eigenvalue weighted by Crippen LogP contribution is 2.18. The molecule has 20 heavy (non-hydrogen) atoms. The Morgan fingerprint density at radius 1 is 1.50 bits per heavy atom. The molecule has 1 aromatic carbocycles. The quantitative estimate of drug-likeness (QED) is 0.848. The Hall–Kier alpha value is -0.890. The van der Waals surface area contributed by atoms with Crippen LogP contribution in [0.2, 0.25) is 5.02 Å². The number of nitrogens with two attached hydrogens (primary N) is 1. The average molecular weight is 345 g/mol. The molecular weight excluding hydrogens is 330 g/mol. The van der Waals surface area contributed by atoms with Gasteiger partial charge in [-0.25, -0.2) is 12.8 Å². The monoisotopic (exact) mass is 344 g/mol. The fourth-order valence-corrected chi connectivity index (χ4v) is 2.08. The summed E-state index contributed by atoms with van der Waals surface area (Å²) in [6.07, 6.45) is 1.06. The van der Waals surface area contributed by atoms with Crippen molar-refractivity contribution in [2.45, 2.75) is 12.5 Å². The smallest absolute Gasteiger partial charge is 0.241 e. The van der Waals surface area contributed by atoms with E-state index in [0.29, 0.717) is 0 Å². The molecule has 114 valence electrons. The number of anilines is 1. The van der Waals surface area contributed by atoms with E-state index in [2.05, 4.69) is 5.32 Å². The van der Waals surface area contributed by atoms with E-state index in [4.69, 9.17) is 17.3 Å². The zero-order valence-electron chi connectivity index (χ0n) is 10.6. The lowest BCUT2D eigenvalue weighted by molar-refractivity contribution is -0.117. The molecule has 1 atom stereocenters. The Morgan fingerprint density at radius 2 is 2.10 bits per heavy atom. The van der Waals surface area contributed by atoms with E-state index >= 15 is 0 Å². The zero-order valence-corrected chi connectivity index (χ0v) is 13.0. The summed E-state index contributed by atoms with van der Waals surface area (Å²) in [6.45, 7) is 0. The van der Waals surface area contributed by atoms with Crippen LogP contribution in [0.5, 0.6) is 0 Å². The van der Waals surface area contributed by atoms with E-state index in [-0.39, 0.29) is 35.3 Å². The van der Waals surface area contributed by atoms with Crippen LogP contribution < -0.4 is 11.1 Å².